The van der Waals surface area contributed by atoms with E-state index < -0.39 is 0 Å². The van der Waals surface area contributed by atoms with E-state index in [2.05, 4.69) is 30.5 Å². The fraction of sp³-hybridized carbons (Fsp3) is 0.750. The van der Waals surface area contributed by atoms with Crippen LogP contribution in [0, 0.1) is 6.92 Å². The van der Waals surface area contributed by atoms with Crippen LogP contribution >= 0.6 is 0 Å². The molecule has 4 heteroatoms. The van der Waals surface area contributed by atoms with E-state index >= 15 is 0 Å². The summed E-state index contributed by atoms with van der Waals surface area (Å²) in [5, 5.41) is 7.80. The molecule has 0 aliphatic rings. The first-order valence-electron chi connectivity index (χ1n) is 5.89. The Morgan fingerprint density at radius 1 is 1.50 bits per heavy atom. The Kier molecular flexibility index (Phi) is 4.96. The Balaban J connectivity index is 2.46. The van der Waals surface area contributed by atoms with Crippen molar-refractivity contribution in [1.29, 1.82) is 0 Å². The summed E-state index contributed by atoms with van der Waals surface area (Å²) in [7, 11) is 1.95. The van der Waals surface area contributed by atoms with Gasteiger partial charge in [0.25, 0.3) is 0 Å². The van der Waals surface area contributed by atoms with Crippen molar-refractivity contribution in [2.45, 2.75) is 39.8 Å². The molecule has 16 heavy (non-hydrogen) atoms. The molecule has 0 fully saturated rings. The summed E-state index contributed by atoms with van der Waals surface area (Å²) in [5.41, 5.74) is 2.35. The molecule has 1 N–H and O–H groups in total. The number of aromatic nitrogens is 2. The third-order valence-corrected chi connectivity index (χ3v) is 2.68. The zero-order valence-corrected chi connectivity index (χ0v) is 10.9. The van der Waals surface area contributed by atoms with Crippen LogP contribution in [0.5, 0.6) is 0 Å². The highest BCUT2D eigenvalue weighted by atomic mass is 16.5. The van der Waals surface area contributed by atoms with Gasteiger partial charge in [-0.1, -0.05) is 0 Å². The molecule has 1 rings (SSSR count). The van der Waals surface area contributed by atoms with Crippen LogP contribution in [0.25, 0.3) is 0 Å². The Labute approximate surface area is 98.0 Å². The third kappa shape index (κ3) is 3.61. The maximum Gasteiger partial charge on any atom is 0.0671 e. The lowest BCUT2D eigenvalue weighted by Gasteiger charge is -2.17. The summed E-state index contributed by atoms with van der Waals surface area (Å²) in [6.07, 6.45) is 2.32. The van der Waals surface area contributed by atoms with Crippen molar-refractivity contribution in [3.05, 3.63) is 17.5 Å². The van der Waals surface area contributed by atoms with Crippen LogP contribution in [0.1, 0.15) is 38.1 Å². The summed E-state index contributed by atoms with van der Waals surface area (Å²) in [6, 6.07) is 0.316. The fourth-order valence-corrected chi connectivity index (χ4v) is 1.84. The summed E-state index contributed by atoms with van der Waals surface area (Å²) < 4.78 is 7.34. The number of aryl methyl sites for hydroxylation is 2. The molecule has 2 unspecified atom stereocenters. The van der Waals surface area contributed by atoms with Gasteiger partial charge in [-0.3, -0.25) is 4.68 Å². The summed E-state index contributed by atoms with van der Waals surface area (Å²) in [6.45, 7) is 9.93. The SMILES string of the molecule is CCOC(C)CNC(C)c1cn(C)nc1C. The van der Waals surface area contributed by atoms with E-state index in [4.69, 9.17) is 4.74 Å². The van der Waals surface area contributed by atoms with Gasteiger partial charge in [-0.05, 0) is 27.7 Å². The minimum absolute atomic E-state index is 0.254. The van der Waals surface area contributed by atoms with Gasteiger partial charge in [0.1, 0.15) is 0 Å². The van der Waals surface area contributed by atoms with Gasteiger partial charge in [0.2, 0.25) is 0 Å². The van der Waals surface area contributed by atoms with E-state index in [1.165, 1.54) is 5.56 Å². The van der Waals surface area contributed by atoms with Crippen LogP contribution in [0.2, 0.25) is 0 Å². The van der Waals surface area contributed by atoms with Crippen LogP contribution in [0.4, 0.5) is 0 Å². The molecule has 92 valence electrons. The van der Waals surface area contributed by atoms with Gasteiger partial charge in [0.15, 0.2) is 0 Å². The van der Waals surface area contributed by atoms with Crippen molar-refractivity contribution < 1.29 is 4.74 Å². The molecular weight excluding hydrogens is 202 g/mol. The minimum Gasteiger partial charge on any atom is -0.377 e. The number of nitrogens with zero attached hydrogens (tertiary/aromatic N) is 2. The van der Waals surface area contributed by atoms with Gasteiger partial charge in [0, 0.05) is 38.0 Å². The number of rotatable bonds is 6. The molecule has 0 aliphatic heterocycles. The van der Waals surface area contributed by atoms with Crippen LogP contribution in [0.3, 0.4) is 0 Å². The normalized spacial score (nSPS) is 15.1. The molecule has 0 saturated heterocycles. The first kappa shape index (κ1) is 13.2. The smallest absolute Gasteiger partial charge is 0.0671 e. The van der Waals surface area contributed by atoms with Crippen LogP contribution in [-0.4, -0.2) is 29.0 Å². The standard InChI is InChI=1S/C12H23N3O/c1-6-16-9(2)7-13-10(3)12-8-15(5)14-11(12)4/h8-10,13H,6-7H2,1-5H3. The molecule has 0 saturated carbocycles. The molecule has 1 heterocycles. The van der Waals surface area contributed by atoms with Crippen molar-refractivity contribution in [1.82, 2.24) is 15.1 Å². The van der Waals surface area contributed by atoms with Gasteiger partial charge in [0.05, 0.1) is 11.8 Å². The number of hydrogen-bond acceptors (Lipinski definition) is 3. The zero-order valence-electron chi connectivity index (χ0n) is 10.9. The van der Waals surface area contributed by atoms with Crippen molar-refractivity contribution in [2.24, 2.45) is 7.05 Å². The predicted octanol–water partition coefficient (Wildman–Crippen LogP) is 1.80. The lowest BCUT2D eigenvalue weighted by Crippen LogP contribution is -2.29. The molecule has 0 bridgehead atoms. The summed E-state index contributed by atoms with van der Waals surface area (Å²) >= 11 is 0. The summed E-state index contributed by atoms with van der Waals surface area (Å²) in [4.78, 5) is 0. The topological polar surface area (TPSA) is 39.1 Å². The van der Waals surface area contributed by atoms with Crippen molar-refractivity contribution >= 4 is 0 Å². The molecule has 2 atom stereocenters. The average Bonchev–Trinajstić information content (AvgIpc) is 2.55. The molecule has 4 nitrogen and oxygen atoms in total. The van der Waals surface area contributed by atoms with Crippen molar-refractivity contribution in [2.75, 3.05) is 13.2 Å². The first-order chi connectivity index (χ1) is 7.54. The molecule has 0 radical (unpaired) electrons. The Morgan fingerprint density at radius 2 is 2.19 bits per heavy atom. The lowest BCUT2D eigenvalue weighted by atomic mass is 10.1. The van der Waals surface area contributed by atoms with Gasteiger partial charge in [-0.2, -0.15) is 5.10 Å². The maximum absolute atomic E-state index is 5.48. The van der Waals surface area contributed by atoms with Gasteiger partial charge in [-0.15, -0.1) is 0 Å². The van der Waals surface area contributed by atoms with Gasteiger partial charge >= 0.3 is 0 Å². The van der Waals surface area contributed by atoms with E-state index in [0.717, 1.165) is 18.8 Å². The minimum atomic E-state index is 0.254. The summed E-state index contributed by atoms with van der Waals surface area (Å²) in [5.74, 6) is 0. The number of nitrogens with one attached hydrogen (secondary N) is 1. The quantitative estimate of drug-likeness (QED) is 0.802. The Hall–Kier alpha value is -0.870. The van der Waals surface area contributed by atoms with E-state index in [-0.39, 0.29) is 6.10 Å². The average molecular weight is 225 g/mol. The van der Waals surface area contributed by atoms with E-state index in [9.17, 15) is 0 Å². The molecule has 1 aromatic heterocycles. The highest BCUT2D eigenvalue weighted by molar-refractivity contribution is 5.19. The molecule has 0 amide bonds. The molecule has 1 aromatic rings. The van der Waals surface area contributed by atoms with Gasteiger partial charge < -0.3 is 10.1 Å². The highest BCUT2D eigenvalue weighted by Crippen LogP contribution is 2.15. The zero-order chi connectivity index (χ0) is 12.1. The maximum atomic E-state index is 5.48. The van der Waals surface area contributed by atoms with Crippen LogP contribution in [-0.2, 0) is 11.8 Å². The largest absolute Gasteiger partial charge is 0.377 e. The molecule has 0 aromatic carbocycles. The van der Waals surface area contributed by atoms with Crippen LogP contribution in [0.15, 0.2) is 6.20 Å². The van der Waals surface area contributed by atoms with Crippen molar-refractivity contribution in [3.63, 3.8) is 0 Å². The highest BCUT2D eigenvalue weighted by Gasteiger charge is 2.12. The molecular formula is C12H23N3O. The Bertz CT molecular complexity index is 322. The number of hydrogen-bond donors (Lipinski definition) is 1. The van der Waals surface area contributed by atoms with Gasteiger partial charge in [-0.25, -0.2) is 0 Å². The second-order valence-corrected chi connectivity index (χ2v) is 4.24. The number of ether oxygens (including phenoxy) is 1. The second kappa shape index (κ2) is 6.01. The Morgan fingerprint density at radius 3 is 2.69 bits per heavy atom. The lowest BCUT2D eigenvalue weighted by molar-refractivity contribution is 0.0743. The third-order valence-electron chi connectivity index (χ3n) is 2.68. The monoisotopic (exact) mass is 225 g/mol. The first-order valence-corrected chi connectivity index (χ1v) is 5.89. The molecule has 0 spiro atoms. The van der Waals surface area contributed by atoms with Crippen LogP contribution < -0.4 is 5.32 Å². The van der Waals surface area contributed by atoms with Crippen molar-refractivity contribution in [3.8, 4) is 0 Å². The molecule has 0 aliphatic carbocycles. The second-order valence-electron chi connectivity index (χ2n) is 4.24. The van der Waals surface area contributed by atoms with E-state index in [1.54, 1.807) is 0 Å². The van der Waals surface area contributed by atoms with E-state index in [0.29, 0.717) is 6.04 Å². The fourth-order valence-electron chi connectivity index (χ4n) is 1.84. The predicted molar refractivity (Wildman–Crippen MR) is 65.5 cm³/mol. The van der Waals surface area contributed by atoms with E-state index in [1.807, 2.05) is 25.6 Å².